The van der Waals surface area contributed by atoms with Gasteiger partial charge in [0.1, 0.15) is 11.6 Å². The molecule has 0 aliphatic rings. The summed E-state index contributed by atoms with van der Waals surface area (Å²) in [5.74, 6) is 2.08. The minimum atomic E-state index is 0.761. The van der Waals surface area contributed by atoms with Crippen LogP contribution in [0.1, 0.15) is 37.4 Å². The number of hydrogen-bond acceptors (Lipinski definition) is 3. The summed E-state index contributed by atoms with van der Waals surface area (Å²) in [5.41, 5.74) is 1.21. The van der Waals surface area contributed by atoms with E-state index in [1.165, 1.54) is 5.56 Å². The molecule has 0 aliphatic heterocycles. The van der Waals surface area contributed by atoms with Gasteiger partial charge in [-0.2, -0.15) is 0 Å². The molecule has 0 amide bonds. The molecular formula is C14H21N3O. The molecule has 2 heterocycles. The molecule has 0 radical (unpaired) electrons. The maximum absolute atomic E-state index is 5.58. The molecule has 2 aromatic rings. The van der Waals surface area contributed by atoms with Crippen LogP contribution in [-0.2, 0) is 19.5 Å². The molecule has 4 nitrogen and oxygen atoms in total. The van der Waals surface area contributed by atoms with E-state index in [1.807, 2.05) is 18.7 Å². The van der Waals surface area contributed by atoms with Crippen LogP contribution < -0.4 is 5.32 Å². The summed E-state index contributed by atoms with van der Waals surface area (Å²) in [6.45, 7) is 6.96. The monoisotopic (exact) mass is 247 g/mol. The molecule has 0 aliphatic carbocycles. The van der Waals surface area contributed by atoms with E-state index in [9.17, 15) is 0 Å². The van der Waals surface area contributed by atoms with Crippen molar-refractivity contribution in [2.75, 3.05) is 6.54 Å². The molecule has 0 aromatic carbocycles. The second kappa shape index (κ2) is 6.40. The third kappa shape index (κ3) is 3.23. The number of nitrogens with one attached hydrogen (secondary N) is 1. The molecule has 2 rings (SSSR count). The van der Waals surface area contributed by atoms with Crippen LogP contribution in [0.5, 0.6) is 0 Å². The van der Waals surface area contributed by atoms with Crippen LogP contribution in [0.2, 0.25) is 0 Å². The van der Waals surface area contributed by atoms with Gasteiger partial charge >= 0.3 is 0 Å². The van der Waals surface area contributed by atoms with Gasteiger partial charge in [0.2, 0.25) is 0 Å². The van der Waals surface area contributed by atoms with Crippen LogP contribution in [0.3, 0.4) is 0 Å². The first-order chi connectivity index (χ1) is 8.83. The van der Waals surface area contributed by atoms with Crippen molar-refractivity contribution in [3.8, 4) is 0 Å². The second-order valence-corrected chi connectivity index (χ2v) is 4.42. The van der Waals surface area contributed by atoms with Crippen LogP contribution in [-0.4, -0.2) is 16.1 Å². The number of rotatable bonds is 7. The molecule has 0 unspecified atom stereocenters. The van der Waals surface area contributed by atoms with E-state index >= 15 is 0 Å². The standard InChI is InChI=1S/C14H21N3O/c1-3-5-15-9-12-8-13(18-11-12)10-17-7-6-16-14(17)4-2/h6-8,11,15H,3-5,9-10H2,1-2H3. The molecule has 4 heteroatoms. The van der Waals surface area contributed by atoms with Gasteiger partial charge in [-0.3, -0.25) is 0 Å². The number of hydrogen-bond donors (Lipinski definition) is 1. The highest BCUT2D eigenvalue weighted by Gasteiger charge is 2.05. The highest BCUT2D eigenvalue weighted by molar-refractivity contribution is 5.13. The third-order valence-electron chi connectivity index (χ3n) is 2.91. The van der Waals surface area contributed by atoms with Crippen LogP contribution >= 0.6 is 0 Å². The zero-order valence-corrected chi connectivity index (χ0v) is 11.1. The SMILES string of the molecule is CCCNCc1coc(Cn2ccnc2CC)c1. The molecule has 0 fully saturated rings. The molecular weight excluding hydrogens is 226 g/mol. The highest BCUT2D eigenvalue weighted by atomic mass is 16.3. The summed E-state index contributed by atoms with van der Waals surface area (Å²) >= 11 is 0. The third-order valence-corrected chi connectivity index (χ3v) is 2.91. The topological polar surface area (TPSA) is 43.0 Å². The van der Waals surface area contributed by atoms with Gasteiger partial charge < -0.3 is 14.3 Å². The van der Waals surface area contributed by atoms with Crippen LogP contribution in [0.25, 0.3) is 0 Å². The summed E-state index contributed by atoms with van der Waals surface area (Å²) in [6, 6.07) is 2.11. The van der Waals surface area contributed by atoms with E-state index in [-0.39, 0.29) is 0 Å². The predicted molar refractivity (Wildman–Crippen MR) is 71.4 cm³/mol. The van der Waals surface area contributed by atoms with Gasteiger partial charge in [0.15, 0.2) is 0 Å². The number of furan rings is 1. The predicted octanol–water partition coefficient (Wildman–Crippen LogP) is 2.59. The molecule has 0 bridgehead atoms. The molecule has 2 aromatic heterocycles. The summed E-state index contributed by atoms with van der Waals surface area (Å²) in [4.78, 5) is 4.31. The van der Waals surface area contributed by atoms with E-state index in [0.717, 1.165) is 44.1 Å². The van der Waals surface area contributed by atoms with Crippen LogP contribution in [0, 0.1) is 0 Å². The number of aromatic nitrogens is 2. The van der Waals surface area contributed by atoms with Crippen molar-refractivity contribution in [3.05, 3.63) is 41.9 Å². The first kappa shape index (κ1) is 12.9. The zero-order valence-electron chi connectivity index (χ0n) is 11.1. The lowest BCUT2D eigenvalue weighted by Crippen LogP contribution is -2.13. The van der Waals surface area contributed by atoms with Gasteiger partial charge in [-0.05, 0) is 19.0 Å². The Bertz CT molecular complexity index is 473. The van der Waals surface area contributed by atoms with Gasteiger partial charge in [0.05, 0.1) is 12.8 Å². The number of nitrogens with zero attached hydrogens (tertiary/aromatic N) is 2. The Labute approximate surface area is 108 Å². The van der Waals surface area contributed by atoms with Crippen molar-refractivity contribution < 1.29 is 4.42 Å². The summed E-state index contributed by atoms with van der Waals surface area (Å²) in [5, 5.41) is 3.37. The highest BCUT2D eigenvalue weighted by Crippen LogP contribution is 2.11. The lowest BCUT2D eigenvalue weighted by molar-refractivity contribution is 0.487. The van der Waals surface area contributed by atoms with E-state index in [1.54, 1.807) is 0 Å². The van der Waals surface area contributed by atoms with Gasteiger partial charge in [0, 0.05) is 30.9 Å². The summed E-state index contributed by atoms with van der Waals surface area (Å²) in [6.07, 6.45) is 7.76. The minimum Gasteiger partial charge on any atom is -0.467 e. The van der Waals surface area contributed by atoms with Crippen molar-refractivity contribution in [2.24, 2.45) is 0 Å². The molecule has 1 N–H and O–H groups in total. The Balaban J connectivity index is 1.94. The average molecular weight is 247 g/mol. The van der Waals surface area contributed by atoms with E-state index < -0.39 is 0 Å². The van der Waals surface area contributed by atoms with Gasteiger partial charge in [-0.25, -0.2) is 4.98 Å². The number of imidazole rings is 1. The van der Waals surface area contributed by atoms with E-state index in [4.69, 9.17) is 4.42 Å². The summed E-state index contributed by atoms with van der Waals surface area (Å²) in [7, 11) is 0. The van der Waals surface area contributed by atoms with Crippen LogP contribution in [0.4, 0.5) is 0 Å². The summed E-state index contributed by atoms with van der Waals surface area (Å²) < 4.78 is 7.71. The lowest BCUT2D eigenvalue weighted by Gasteiger charge is -2.03. The maximum Gasteiger partial charge on any atom is 0.123 e. The van der Waals surface area contributed by atoms with Crippen molar-refractivity contribution in [1.29, 1.82) is 0 Å². The second-order valence-electron chi connectivity index (χ2n) is 4.42. The largest absolute Gasteiger partial charge is 0.467 e. The Morgan fingerprint density at radius 3 is 3.06 bits per heavy atom. The fraction of sp³-hybridized carbons (Fsp3) is 0.500. The Morgan fingerprint density at radius 2 is 2.28 bits per heavy atom. The van der Waals surface area contributed by atoms with Gasteiger partial charge in [0.25, 0.3) is 0 Å². The quantitative estimate of drug-likeness (QED) is 0.765. The number of aryl methyl sites for hydroxylation is 1. The minimum absolute atomic E-state index is 0.761. The average Bonchev–Trinajstić information content (AvgIpc) is 2.99. The molecule has 0 saturated heterocycles. The fourth-order valence-electron chi connectivity index (χ4n) is 1.98. The maximum atomic E-state index is 5.58. The Hall–Kier alpha value is -1.55. The fourth-order valence-corrected chi connectivity index (χ4v) is 1.98. The van der Waals surface area contributed by atoms with Crippen LogP contribution in [0.15, 0.2) is 29.1 Å². The lowest BCUT2D eigenvalue weighted by atomic mass is 10.3. The first-order valence-electron chi connectivity index (χ1n) is 6.60. The van der Waals surface area contributed by atoms with Crippen molar-refractivity contribution in [1.82, 2.24) is 14.9 Å². The van der Waals surface area contributed by atoms with Crippen molar-refractivity contribution >= 4 is 0 Å². The molecule has 0 saturated carbocycles. The molecule has 98 valence electrons. The Kier molecular flexibility index (Phi) is 4.59. The Morgan fingerprint density at radius 1 is 1.39 bits per heavy atom. The molecule has 0 atom stereocenters. The van der Waals surface area contributed by atoms with Gasteiger partial charge in [-0.15, -0.1) is 0 Å². The first-order valence-corrected chi connectivity index (χ1v) is 6.60. The van der Waals surface area contributed by atoms with Crippen molar-refractivity contribution in [2.45, 2.75) is 39.8 Å². The van der Waals surface area contributed by atoms with Gasteiger partial charge in [-0.1, -0.05) is 13.8 Å². The normalized spacial score (nSPS) is 11.0. The van der Waals surface area contributed by atoms with E-state index in [2.05, 4.69) is 34.8 Å². The van der Waals surface area contributed by atoms with E-state index in [0.29, 0.717) is 0 Å². The molecule has 18 heavy (non-hydrogen) atoms. The zero-order chi connectivity index (χ0) is 12.8. The van der Waals surface area contributed by atoms with Crippen molar-refractivity contribution in [3.63, 3.8) is 0 Å². The smallest absolute Gasteiger partial charge is 0.123 e. The molecule has 0 spiro atoms.